The van der Waals surface area contributed by atoms with Gasteiger partial charge in [0.1, 0.15) is 11.6 Å². The fourth-order valence-corrected chi connectivity index (χ4v) is 3.36. The summed E-state index contributed by atoms with van der Waals surface area (Å²) in [5.41, 5.74) is 9.26. The number of ether oxygens (including phenoxy) is 1. The van der Waals surface area contributed by atoms with Crippen LogP contribution in [0, 0.1) is 5.92 Å². The predicted molar refractivity (Wildman–Crippen MR) is 115 cm³/mol. The zero-order valence-corrected chi connectivity index (χ0v) is 16.2. The van der Waals surface area contributed by atoms with Gasteiger partial charge in [-0.3, -0.25) is 5.10 Å². The van der Waals surface area contributed by atoms with E-state index in [0.717, 1.165) is 40.3 Å². The van der Waals surface area contributed by atoms with E-state index in [1.807, 2.05) is 42.5 Å². The number of rotatable bonds is 4. The van der Waals surface area contributed by atoms with Crippen molar-refractivity contribution in [1.29, 1.82) is 0 Å². The van der Waals surface area contributed by atoms with E-state index >= 15 is 0 Å². The van der Waals surface area contributed by atoms with Crippen LogP contribution >= 0.6 is 0 Å². The maximum atomic E-state index is 6.22. The van der Waals surface area contributed by atoms with Gasteiger partial charge in [-0.2, -0.15) is 10.1 Å². The Kier molecular flexibility index (Phi) is 3.97. The van der Waals surface area contributed by atoms with Gasteiger partial charge in [-0.1, -0.05) is 26.0 Å². The summed E-state index contributed by atoms with van der Waals surface area (Å²) in [5.74, 6) is 3.58. The molecule has 4 aromatic rings. The van der Waals surface area contributed by atoms with Crippen LogP contribution in [0.25, 0.3) is 22.2 Å². The highest BCUT2D eigenvalue weighted by Crippen LogP contribution is 2.43. The molecule has 2 aromatic carbocycles. The minimum Gasteiger partial charge on any atom is -0.454 e. The van der Waals surface area contributed by atoms with Crippen LogP contribution in [-0.2, 0) is 0 Å². The molecule has 5 rings (SSSR count). The average Bonchev–Trinajstić information content (AvgIpc) is 3.02. The predicted octanol–water partition coefficient (Wildman–Crippen LogP) is 4.52. The number of H-pyrrole nitrogens is 1. The number of hydrogen-bond acceptors (Lipinski definition) is 7. The Morgan fingerprint density at radius 2 is 1.97 bits per heavy atom. The molecule has 0 amide bonds. The normalized spacial score (nSPS) is 12.2. The minimum absolute atomic E-state index is 0.220. The lowest BCUT2D eigenvalue weighted by Crippen LogP contribution is -2.10. The summed E-state index contributed by atoms with van der Waals surface area (Å²) in [4.78, 5) is 8.72. The summed E-state index contributed by atoms with van der Waals surface area (Å²) < 4.78 is 6.22. The SMILES string of the molecule is CC(C)CNc1cc(-c2cc3c4c(n[nH]c4c2)Nc2ccccc2O3)nc(N)n1. The van der Waals surface area contributed by atoms with Gasteiger partial charge in [0.05, 0.1) is 22.3 Å². The first-order valence-electron chi connectivity index (χ1n) is 9.51. The number of hydrogen-bond donors (Lipinski definition) is 4. The Hall–Kier alpha value is -3.81. The van der Waals surface area contributed by atoms with E-state index < -0.39 is 0 Å². The average molecular weight is 387 g/mol. The molecule has 0 unspecified atom stereocenters. The summed E-state index contributed by atoms with van der Waals surface area (Å²) in [6.45, 7) is 5.08. The van der Waals surface area contributed by atoms with Crippen molar-refractivity contribution < 1.29 is 4.74 Å². The summed E-state index contributed by atoms with van der Waals surface area (Å²) >= 11 is 0. The van der Waals surface area contributed by atoms with Crippen LogP contribution in [0.4, 0.5) is 23.3 Å². The zero-order valence-electron chi connectivity index (χ0n) is 16.2. The lowest BCUT2D eigenvalue weighted by molar-refractivity contribution is 0.492. The molecule has 0 saturated carbocycles. The zero-order chi connectivity index (χ0) is 20.0. The number of fused-ring (bicyclic) bond motifs is 1. The molecule has 8 heteroatoms. The number of benzene rings is 2. The fourth-order valence-electron chi connectivity index (χ4n) is 3.36. The molecule has 0 fully saturated rings. The smallest absolute Gasteiger partial charge is 0.222 e. The van der Waals surface area contributed by atoms with Gasteiger partial charge < -0.3 is 21.1 Å². The molecule has 1 aliphatic heterocycles. The van der Waals surface area contributed by atoms with Gasteiger partial charge >= 0.3 is 0 Å². The molecule has 3 heterocycles. The molecule has 0 bridgehead atoms. The molecule has 146 valence electrons. The Labute approximate surface area is 167 Å². The maximum absolute atomic E-state index is 6.22. The van der Waals surface area contributed by atoms with Gasteiger partial charge in [0.2, 0.25) is 5.95 Å². The second-order valence-corrected chi connectivity index (χ2v) is 7.46. The highest BCUT2D eigenvalue weighted by atomic mass is 16.5. The molecular weight excluding hydrogens is 366 g/mol. The molecule has 0 atom stereocenters. The van der Waals surface area contributed by atoms with Gasteiger partial charge in [0.25, 0.3) is 0 Å². The first-order valence-corrected chi connectivity index (χ1v) is 9.51. The number of anilines is 4. The van der Waals surface area contributed by atoms with Crippen molar-refractivity contribution >= 4 is 34.2 Å². The number of nitrogens with one attached hydrogen (secondary N) is 3. The van der Waals surface area contributed by atoms with E-state index in [9.17, 15) is 0 Å². The molecular formula is C21H21N7O. The maximum Gasteiger partial charge on any atom is 0.222 e. The Morgan fingerprint density at radius 3 is 2.83 bits per heavy atom. The standard InChI is InChI=1S/C21H21N7O/c1-11(2)10-23-18-9-14(25-21(22)26-18)12-7-15-19-17(8-12)29-16-6-4-3-5-13(16)24-20(19)28-27-15/h3-9,11H,10H2,1-2H3,(H2,24,27,28)(H3,22,23,25,26). The summed E-state index contributed by atoms with van der Waals surface area (Å²) in [5, 5.41) is 15.0. The van der Waals surface area contributed by atoms with Gasteiger partial charge in [-0.15, -0.1) is 0 Å². The second kappa shape index (κ2) is 6.66. The first-order chi connectivity index (χ1) is 14.1. The van der Waals surface area contributed by atoms with Crippen molar-refractivity contribution in [3.05, 3.63) is 42.5 Å². The minimum atomic E-state index is 0.220. The number of nitrogens with zero attached hydrogens (tertiary/aromatic N) is 3. The van der Waals surface area contributed by atoms with Gasteiger partial charge in [0, 0.05) is 18.2 Å². The first kappa shape index (κ1) is 17.3. The van der Waals surface area contributed by atoms with Crippen LogP contribution in [0.2, 0.25) is 0 Å². The van der Waals surface area contributed by atoms with E-state index in [4.69, 9.17) is 10.5 Å². The third-order valence-electron chi connectivity index (χ3n) is 4.72. The molecule has 1 aliphatic rings. The van der Waals surface area contributed by atoms with E-state index in [-0.39, 0.29) is 5.95 Å². The highest BCUT2D eigenvalue weighted by Gasteiger charge is 2.21. The van der Waals surface area contributed by atoms with Crippen LogP contribution in [0.1, 0.15) is 13.8 Å². The number of aromatic nitrogens is 4. The molecule has 8 nitrogen and oxygen atoms in total. The van der Waals surface area contributed by atoms with E-state index in [0.29, 0.717) is 23.2 Å². The van der Waals surface area contributed by atoms with Crippen molar-refractivity contribution in [2.75, 3.05) is 22.9 Å². The van der Waals surface area contributed by atoms with Crippen molar-refractivity contribution in [3.63, 3.8) is 0 Å². The second-order valence-electron chi connectivity index (χ2n) is 7.46. The monoisotopic (exact) mass is 387 g/mol. The number of aromatic amines is 1. The summed E-state index contributed by atoms with van der Waals surface area (Å²) in [6.07, 6.45) is 0. The Bertz CT molecular complexity index is 1220. The molecule has 0 aliphatic carbocycles. The van der Waals surface area contributed by atoms with Gasteiger partial charge in [0.15, 0.2) is 11.6 Å². The van der Waals surface area contributed by atoms with Crippen molar-refractivity contribution in [3.8, 4) is 22.8 Å². The van der Waals surface area contributed by atoms with Gasteiger partial charge in [-0.05, 0) is 30.2 Å². The largest absolute Gasteiger partial charge is 0.454 e. The lowest BCUT2D eigenvalue weighted by atomic mass is 10.1. The van der Waals surface area contributed by atoms with Gasteiger partial charge in [-0.25, -0.2) is 4.98 Å². The summed E-state index contributed by atoms with van der Waals surface area (Å²) in [6, 6.07) is 13.6. The number of nitrogen functional groups attached to an aromatic ring is 1. The fraction of sp³-hybridized carbons (Fsp3) is 0.190. The van der Waals surface area contributed by atoms with E-state index in [1.165, 1.54) is 0 Å². The molecule has 0 radical (unpaired) electrons. The molecule has 2 aromatic heterocycles. The topological polar surface area (TPSA) is 114 Å². The van der Waals surface area contributed by atoms with Crippen LogP contribution < -0.4 is 21.1 Å². The quantitative estimate of drug-likeness (QED) is 0.358. The van der Waals surface area contributed by atoms with Crippen LogP contribution in [-0.4, -0.2) is 26.7 Å². The molecule has 29 heavy (non-hydrogen) atoms. The van der Waals surface area contributed by atoms with Crippen molar-refractivity contribution in [2.24, 2.45) is 5.92 Å². The Morgan fingerprint density at radius 1 is 1.10 bits per heavy atom. The molecule has 0 saturated heterocycles. The van der Waals surface area contributed by atoms with Crippen LogP contribution in [0.15, 0.2) is 42.5 Å². The molecule has 0 spiro atoms. The summed E-state index contributed by atoms with van der Waals surface area (Å²) in [7, 11) is 0. The third-order valence-corrected chi connectivity index (χ3v) is 4.72. The van der Waals surface area contributed by atoms with Crippen LogP contribution in [0.3, 0.4) is 0 Å². The third kappa shape index (κ3) is 3.18. The van der Waals surface area contributed by atoms with Crippen molar-refractivity contribution in [2.45, 2.75) is 13.8 Å². The number of para-hydroxylation sites is 2. The van der Waals surface area contributed by atoms with E-state index in [2.05, 4.69) is 44.6 Å². The van der Waals surface area contributed by atoms with E-state index in [1.54, 1.807) is 0 Å². The lowest BCUT2D eigenvalue weighted by Gasteiger charge is -2.12. The van der Waals surface area contributed by atoms with Crippen LogP contribution in [0.5, 0.6) is 11.5 Å². The molecule has 5 N–H and O–H groups in total. The van der Waals surface area contributed by atoms with Crippen molar-refractivity contribution in [1.82, 2.24) is 20.2 Å². The number of nitrogens with two attached hydrogens (primary N) is 1. The Balaban J connectivity index is 1.61. The highest BCUT2D eigenvalue weighted by molar-refractivity contribution is 6.00.